The number of hydrogen-bond acceptors (Lipinski definition) is 5. The van der Waals surface area contributed by atoms with Crippen molar-refractivity contribution in [3.8, 4) is 0 Å². The number of fused-ring (bicyclic) bond motifs is 1. The molecule has 3 heterocycles. The standard InChI is InChI=1S/C22H25F4N5S/c1-13(2)19-12-29-21-18(9-20(30-31(19)21)32-16-4-3-7-27-11-16)28-10-14-5-6-15(23)8-17(14)22(24,25)26/h5-6,8-9,12-13,16,27-28H,3-4,7,10-11H2,1-2H3. The van der Waals surface area contributed by atoms with Crippen LogP contribution in [0.3, 0.4) is 0 Å². The number of nitrogens with one attached hydrogen (secondary N) is 2. The van der Waals surface area contributed by atoms with Crippen LogP contribution in [-0.2, 0) is 12.7 Å². The van der Waals surface area contributed by atoms with E-state index in [1.807, 2.05) is 19.9 Å². The monoisotopic (exact) mass is 467 g/mol. The first-order valence-corrected chi connectivity index (χ1v) is 11.5. The van der Waals surface area contributed by atoms with Crippen LogP contribution in [0.4, 0.5) is 23.2 Å². The van der Waals surface area contributed by atoms with E-state index in [9.17, 15) is 17.6 Å². The molecule has 2 N–H and O–H groups in total. The van der Waals surface area contributed by atoms with Gasteiger partial charge in [-0.15, -0.1) is 0 Å². The number of aromatic nitrogens is 3. The Balaban J connectivity index is 1.67. The molecule has 4 rings (SSSR count). The highest BCUT2D eigenvalue weighted by atomic mass is 32.2. The lowest BCUT2D eigenvalue weighted by Crippen LogP contribution is -2.31. The van der Waals surface area contributed by atoms with Crippen molar-refractivity contribution in [2.75, 3.05) is 18.4 Å². The van der Waals surface area contributed by atoms with Crippen molar-refractivity contribution in [1.82, 2.24) is 19.9 Å². The molecule has 1 fully saturated rings. The van der Waals surface area contributed by atoms with Crippen LogP contribution in [0.15, 0.2) is 35.5 Å². The van der Waals surface area contributed by atoms with Crippen LogP contribution in [0.25, 0.3) is 5.65 Å². The average Bonchev–Trinajstić information content (AvgIpc) is 3.17. The first-order valence-electron chi connectivity index (χ1n) is 10.6. The van der Waals surface area contributed by atoms with Gasteiger partial charge in [0.1, 0.15) is 10.8 Å². The molecular weight excluding hydrogens is 442 g/mol. The van der Waals surface area contributed by atoms with Gasteiger partial charge in [0.25, 0.3) is 0 Å². The van der Waals surface area contributed by atoms with Gasteiger partial charge in [-0.25, -0.2) is 13.9 Å². The molecule has 1 saturated heterocycles. The van der Waals surface area contributed by atoms with E-state index >= 15 is 0 Å². The summed E-state index contributed by atoms with van der Waals surface area (Å²) in [7, 11) is 0. The Hall–Kier alpha value is -2.33. The van der Waals surface area contributed by atoms with E-state index in [2.05, 4.69) is 15.6 Å². The Bertz CT molecular complexity index is 1090. The zero-order valence-corrected chi connectivity index (χ0v) is 18.7. The van der Waals surface area contributed by atoms with Gasteiger partial charge in [0.05, 0.1) is 23.1 Å². The quantitative estimate of drug-likeness (QED) is 0.471. The highest BCUT2D eigenvalue weighted by molar-refractivity contribution is 7.99. The molecule has 172 valence electrons. The molecule has 5 nitrogen and oxygen atoms in total. The van der Waals surface area contributed by atoms with Crippen molar-refractivity contribution in [3.63, 3.8) is 0 Å². The Morgan fingerprint density at radius 1 is 1.28 bits per heavy atom. The number of anilines is 1. The van der Waals surface area contributed by atoms with Gasteiger partial charge in [-0.05, 0) is 49.1 Å². The van der Waals surface area contributed by atoms with Crippen molar-refractivity contribution >= 4 is 23.1 Å². The fourth-order valence-corrected chi connectivity index (χ4v) is 4.93. The lowest BCUT2D eigenvalue weighted by molar-refractivity contribution is -0.138. The lowest BCUT2D eigenvalue weighted by atomic mass is 10.1. The van der Waals surface area contributed by atoms with Gasteiger partial charge in [0, 0.05) is 18.3 Å². The molecule has 1 aliphatic heterocycles. The first kappa shape index (κ1) is 22.8. The summed E-state index contributed by atoms with van der Waals surface area (Å²) in [6.07, 6.45) is -0.725. The van der Waals surface area contributed by atoms with Gasteiger partial charge >= 0.3 is 6.18 Å². The number of benzene rings is 1. The molecule has 0 radical (unpaired) electrons. The maximum absolute atomic E-state index is 13.5. The van der Waals surface area contributed by atoms with Crippen LogP contribution in [0.2, 0.25) is 0 Å². The summed E-state index contributed by atoms with van der Waals surface area (Å²) in [5.41, 5.74) is 1.05. The van der Waals surface area contributed by atoms with Gasteiger partial charge in [-0.1, -0.05) is 31.7 Å². The molecule has 1 unspecified atom stereocenters. The average molecular weight is 468 g/mol. The van der Waals surface area contributed by atoms with E-state index in [1.165, 1.54) is 0 Å². The van der Waals surface area contributed by atoms with E-state index in [1.54, 1.807) is 22.5 Å². The number of rotatable bonds is 6. The van der Waals surface area contributed by atoms with Crippen LogP contribution in [-0.4, -0.2) is 32.9 Å². The number of imidazole rings is 1. The Labute approximate surface area is 188 Å². The fourth-order valence-electron chi connectivity index (χ4n) is 3.79. The highest BCUT2D eigenvalue weighted by Gasteiger charge is 2.33. The summed E-state index contributed by atoms with van der Waals surface area (Å²) >= 11 is 1.66. The molecule has 10 heteroatoms. The number of halogens is 4. The molecular formula is C22H25F4N5S. The minimum Gasteiger partial charge on any atom is -0.378 e. The van der Waals surface area contributed by atoms with Crippen LogP contribution < -0.4 is 10.6 Å². The minimum atomic E-state index is -4.64. The summed E-state index contributed by atoms with van der Waals surface area (Å²) in [6, 6.07) is 4.57. The molecule has 0 bridgehead atoms. The smallest absolute Gasteiger partial charge is 0.378 e. The second kappa shape index (κ2) is 9.27. The molecule has 2 aromatic heterocycles. The largest absolute Gasteiger partial charge is 0.416 e. The number of thioether (sulfide) groups is 1. The maximum Gasteiger partial charge on any atom is 0.416 e. The summed E-state index contributed by atoms with van der Waals surface area (Å²) < 4.78 is 55.4. The normalized spacial score (nSPS) is 17.3. The molecule has 32 heavy (non-hydrogen) atoms. The van der Waals surface area contributed by atoms with E-state index in [0.29, 0.717) is 22.7 Å². The Kier molecular flexibility index (Phi) is 6.62. The lowest BCUT2D eigenvalue weighted by Gasteiger charge is -2.22. The molecule has 0 spiro atoms. The molecule has 1 aliphatic rings. The predicted molar refractivity (Wildman–Crippen MR) is 118 cm³/mol. The second-order valence-electron chi connectivity index (χ2n) is 8.21. The number of piperidine rings is 1. The zero-order valence-electron chi connectivity index (χ0n) is 17.8. The van der Waals surface area contributed by atoms with Gasteiger partial charge in [-0.3, -0.25) is 0 Å². The van der Waals surface area contributed by atoms with Gasteiger partial charge in [-0.2, -0.15) is 18.3 Å². The third-order valence-electron chi connectivity index (χ3n) is 5.45. The Morgan fingerprint density at radius 2 is 2.09 bits per heavy atom. The van der Waals surface area contributed by atoms with Crippen LogP contribution in [0.5, 0.6) is 0 Å². The fraction of sp³-hybridized carbons (Fsp3) is 0.455. The van der Waals surface area contributed by atoms with Crippen molar-refractivity contribution in [1.29, 1.82) is 0 Å². The maximum atomic E-state index is 13.5. The summed E-state index contributed by atoms with van der Waals surface area (Å²) in [5, 5.41) is 12.4. The third-order valence-corrected chi connectivity index (χ3v) is 6.63. The number of hydrogen-bond donors (Lipinski definition) is 2. The van der Waals surface area contributed by atoms with Gasteiger partial charge in [0.2, 0.25) is 0 Å². The highest BCUT2D eigenvalue weighted by Crippen LogP contribution is 2.34. The second-order valence-corrected chi connectivity index (χ2v) is 9.53. The van der Waals surface area contributed by atoms with E-state index in [-0.39, 0.29) is 18.0 Å². The van der Waals surface area contributed by atoms with Crippen molar-refractivity contribution < 1.29 is 17.6 Å². The molecule has 3 aromatic rings. The van der Waals surface area contributed by atoms with Crippen molar-refractivity contribution in [2.24, 2.45) is 0 Å². The summed E-state index contributed by atoms with van der Waals surface area (Å²) in [5.74, 6) is -0.738. The van der Waals surface area contributed by atoms with Crippen LogP contribution in [0.1, 0.15) is 49.4 Å². The molecule has 0 amide bonds. The van der Waals surface area contributed by atoms with E-state index < -0.39 is 17.6 Å². The number of alkyl halides is 3. The Morgan fingerprint density at radius 3 is 2.78 bits per heavy atom. The minimum absolute atomic E-state index is 0.0322. The first-order chi connectivity index (χ1) is 15.2. The van der Waals surface area contributed by atoms with Crippen molar-refractivity contribution in [2.45, 2.75) is 55.6 Å². The summed E-state index contributed by atoms with van der Waals surface area (Å²) in [6.45, 7) is 5.86. The summed E-state index contributed by atoms with van der Waals surface area (Å²) in [4.78, 5) is 4.46. The zero-order chi connectivity index (χ0) is 22.9. The third kappa shape index (κ3) is 5.01. The predicted octanol–water partition coefficient (Wildman–Crippen LogP) is 5.47. The van der Waals surface area contributed by atoms with Crippen LogP contribution in [0, 0.1) is 5.82 Å². The molecule has 1 aromatic carbocycles. The van der Waals surface area contributed by atoms with E-state index in [4.69, 9.17) is 5.10 Å². The van der Waals surface area contributed by atoms with Gasteiger partial charge in [0.15, 0.2) is 5.65 Å². The molecule has 0 aliphatic carbocycles. The number of nitrogens with zero attached hydrogens (tertiary/aromatic N) is 3. The topological polar surface area (TPSA) is 54.2 Å². The SMILES string of the molecule is CC(C)c1cnc2c(NCc3ccc(F)cc3C(F)(F)F)cc(SC3CCCNC3)nn12. The van der Waals surface area contributed by atoms with Crippen LogP contribution >= 0.6 is 11.8 Å². The van der Waals surface area contributed by atoms with Crippen molar-refractivity contribution in [3.05, 3.63) is 53.1 Å². The van der Waals surface area contributed by atoms with Gasteiger partial charge < -0.3 is 10.6 Å². The van der Waals surface area contributed by atoms with E-state index in [0.717, 1.165) is 48.8 Å². The molecule has 0 saturated carbocycles. The molecule has 1 atom stereocenters.